The van der Waals surface area contributed by atoms with Gasteiger partial charge in [0.15, 0.2) is 5.76 Å². The summed E-state index contributed by atoms with van der Waals surface area (Å²) in [6, 6.07) is 27.2. The molecule has 0 spiro atoms. The summed E-state index contributed by atoms with van der Waals surface area (Å²) >= 11 is 0. The van der Waals surface area contributed by atoms with Crippen molar-refractivity contribution in [1.82, 2.24) is 0 Å². The molecule has 192 valence electrons. The second kappa shape index (κ2) is 9.99. The lowest BCUT2D eigenvalue weighted by atomic mass is 10.1. The van der Waals surface area contributed by atoms with Crippen LogP contribution in [0.4, 0.5) is 0 Å². The Hall–Kier alpha value is -5.10. The van der Waals surface area contributed by atoms with E-state index in [4.69, 9.17) is 18.6 Å². The zero-order valence-electron chi connectivity index (χ0n) is 21.4. The van der Waals surface area contributed by atoms with Crippen LogP contribution in [0.25, 0.3) is 28.4 Å². The summed E-state index contributed by atoms with van der Waals surface area (Å²) < 4.78 is 23.5. The third-order valence-corrected chi connectivity index (χ3v) is 6.54. The molecule has 5 aromatic rings. The van der Waals surface area contributed by atoms with Crippen molar-refractivity contribution in [2.75, 3.05) is 6.61 Å². The maximum Gasteiger partial charge on any atom is 0.348 e. The van der Waals surface area contributed by atoms with Gasteiger partial charge in [0.2, 0.25) is 5.78 Å². The van der Waals surface area contributed by atoms with Crippen LogP contribution >= 0.6 is 0 Å². The van der Waals surface area contributed by atoms with Gasteiger partial charge in [0, 0.05) is 17.0 Å². The molecule has 1 aliphatic heterocycles. The number of carbonyl (C=O) groups excluding carboxylic acids is 2. The first-order valence-corrected chi connectivity index (χ1v) is 12.6. The molecule has 2 heterocycles. The quantitative estimate of drug-likeness (QED) is 0.131. The highest BCUT2D eigenvalue weighted by Gasteiger charge is 2.29. The van der Waals surface area contributed by atoms with Crippen LogP contribution < -0.4 is 14.2 Å². The maximum absolute atomic E-state index is 13.6. The normalized spacial score (nSPS) is 13.4. The molecular formula is C33H24O6. The van der Waals surface area contributed by atoms with Gasteiger partial charge in [-0.1, -0.05) is 54.6 Å². The van der Waals surface area contributed by atoms with E-state index in [2.05, 4.69) is 0 Å². The summed E-state index contributed by atoms with van der Waals surface area (Å²) in [6.07, 6.45) is 1.73. The number of ketones is 1. The predicted molar refractivity (Wildman–Crippen MR) is 148 cm³/mol. The number of fused-ring (bicyclic) bond motifs is 2. The molecule has 6 heteroatoms. The van der Waals surface area contributed by atoms with Crippen molar-refractivity contribution >= 4 is 28.8 Å². The van der Waals surface area contributed by atoms with E-state index >= 15 is 0 Å². The Labute approximate surface area is 225 Å². The molecular weight excluding hydrogens is 492 g/mol. The zero-order valence-corrected chi connectivity index (χ0v) is 21.4. The zero-order chi connectivity index (χ0) is 26.9. The molecule has 0 saturated heterocycles. The largest absolute Gasteiger partial charge is 0.494 e. The van der Waals surface area contributed by atoms with Gasteiger partial charge in [-0.25, -0.2) is 4.79 Å². The van der Waals surface area contributed by atoms with E-state index in [0.29, 0.717) is 40.4 Å². The molecule has 6 rings (SSSR count). The minimum atomic E-state index is -0.596. The number of hydrogen-bond acceptors (Lipinski definition) is 6. The highest BCUT2D eigenvalue weighted by Crippen LogP contribution is 2.38. The van der Waals surface area contributed by atoms with Crippen molar-refractivity contribution in [3.8, 4) is 28.6 Å². The van der Waals surface area contributed by atoms with Crippen LogP contribution in [0.2, 0.25) is 0 Å². The van der Waals surface area contributed by atoms with Crippen molar-refractivity contribution in [3.63, 3.8) is 0 Å². The van der Waals surface area contributed by atoms with Crippen LogP contribution in [-0.2, 0) is 0 Å². The molecule has 39 heavy (non-hydrogen) atoms. The molecule has 1 aromatic heterocycles. The van der Waals surface area contributed by atoms with Crippen molar-refractivity contribution in [3.05, 3.63) is 119 Å². The molecule has 0 unspecified atom stereocenters. The Balaban J connectivity index is 1.34. The Bertz CT molecular complexity index is 1760. The minimum Gasteiger partial charge on any atom is -0.494 e. The number of ether oxygens (including phenoxy) is 3. The van der Waals surface area contributed by atoms with Gasteiger partial charge in [0.25, 0.3) is 0 Å². The summed E-state index contributed by atoms with van der Waals surface area (Å²) in [7, 11) is 0. The first kappa shape index (κ1) is 24.2. The highest BCUT2D eigenvalue weighted by molar-refractivity contribution is 6.15. The molecule has 0 aliphatic carbocycles. The Kier molecular flexibility index (Phi) is 6.21. The molecule has 1 aliphatic rings. The van der Waals surface area contributed by atoms with E-state index in [-0.39, 0.29) is 22.9 Å². The van der Waals surface area contributed by atoms with Gasteiger partial charge in [0.05, 0.1) is 12.2 Å². The highest BCUT2D eigenvalue weighted by atomic mass is 16.5. The number of Topliss-reactive ketones (excluding diaryl/α,β-unsaturated/α-hetero) is 1. The number of hydrogen-bond donors (Lipinski definition) is 0. The van der Waals surface area contributed by atoms with Crippen molar-refractivity contribution < 1.29 is 28.2 Å². The Morgan fingerprint density at radius 2 is 1.67 bits per heavy atom. The van der Waals surface area contributed by atoms with Crippen molar-refractivity contribution in [2.24, 2.45) is 0 Å². The number of furan rings is 1. The minimum absolute atomic E-state index is 0.221. The number of aryl methyl sites for hydroxylation is 1. The van der Waals surface area contributed by atoms with E-state index in [9.17, 15) is 9.59 Å². The van der Waals surface area contributed by atoms with Gasteiger partial charge in [0.1, 0.15) is 34.2 Å². The van der Waals surface area contributed by atoms with Crippen molar-refractivity contribution in [2.45, 2.75) is 13.8 Å². The van der Waals surface area contributed by atoms with E-state index in [1.165, 1.54) is 0 Å². The number of esters is 1. The maximum atomic E-state index is 13.6. The Morgan fingerprint density at radius 1 is 0.897 bits per heavy atom. The van der Waals surface area contributed by atoms with Crippen LogP contribution in [0, 0.1) is 6.92 Å². The van der Waals surface area contributed by atoms with E-state index in [1.54, 1.807) is 42.5 Å². The molecule has 0 bridgehead atoms. The third kappa shape index (κ3) is 4.57. The fraction of sp³-hybridized carbons (Fsp3) is 0.0909. The average molecular weight is 517 g/mol. The fourth-order valence-corrected chi connectivity index (χ4v) is 4.61. The fourth-order valence-electron chi connectivity index (χ4n) is 4.61. The smallest absolute Gasteiger partial charge is 0.348 e. The van der Waals surface area contributed by atoms with Gasteiger partial charge in [-0.2, -0.15) is 0 Å². The van der Waals surface area contributed by atoms with Crippen molar-refractivity contribution in [1.29, 1.82) is 0 Å². The molecule has 6 nitrogen and oxygen atoms in total. The number of carbonyl (C=O) groups is 2. The van der Waals surface area contributed by atoms with Gasteiger partial charge in [-0.15, -0.1) is 0 Å². The van der Waals surface area contributed by atoms with Gasteiger partial charge in [-0.05, 0) is 61.4 Å². The van der Waals surface area contributed by atoms with Crippen LogP contribution in [-0.4, -0.2) is 18.4 Å². The summed E-state index contributed by atoms with van der Waals surface area (Å²) in [5.41, 5.74) is 3.91. The first-order valence-electron chi connectivity index (χ1n) is 12.6. The lowest BCUT2D eigenvalue weighted by Crippen LogP contribution is -2.09. The topological polar surface area (TPSA) is 75.0 Å². The first-order chi connectivity index (χ1) is 19.0. The predicted octanol–water partition coefficient (Wildman–Crippen LogP) is 7.64. The standard InChI is InChI=1S/C33H24O6/c1-3-36-23-14-16-27-26(18-23)30(32(39-27)21-10-5-4-6-11-21)33(35)37-24-13-15-25-28(19-24)38-29(31(25)34)17-22-12-8-7-9-20(22)2/h4-19H,3H2,1-2H3. The van der Waals surface area contributed by atoms with Gasteiger partial charge >= 0.3 is 5.97 Å². The van der Waals surface area contributed by atoms with E-state index in [0.717, 1.165) is 16.7 Å². The lowest BCUT2D eigenvalue weighted by molar-refractivity contribution is 0.0736. The Morgan fingerprint density at radius 3 is 2.46 bits per heavy atom. The third-order valence-electron chi connectivity index (χ3n) is 6.54. The average Bonchev–Trinajstić information content (AvgIpc) is 3.47. The lowest BCUT2D eigenvalue weighted by Gasteiger charge is -2.07. The van der Waals surface area contributed by atoms with Crippen LogP contribution in [0.1, 0.15) is 38.8 Å². The van der Waals surface area contributed by atoms with E-state index < -0.39 is 5.97 Å². The van der Waals surface area contributed by atoms with Crippen LogP contribution in [0.15, 0.2) is 101 Å². The second-order valence-corrected chi connectivity index (χ2v) is 9.11. The molecule has 4 aromatic carbocycles. The van der Waals surface area contributed by atoms with Gasteiger partial charge < -0.3 is 18.6 Å². The number of allylic oxidation sites excluding steroid dienone is 1. The van der Waals surface area contributed by atoms with E-state index in [1.807, 2.05) is 68.4 Å². The molecule has 0 atom stereocenters. The molecule has 0 radical (unpaired) electrons. The number of benzene rings is 4. The second-order valence-electron chi connectivity index (χ2n) is 9.11. The van der Waals surface area contributed by atoms with Crippen LogP contribution in [0.3, 0.4) is 0 Å². The summed E-state index contributed by atoms with van der Waals surface area (Å²) in [6.45, 7) is 4.35. The molecule has 0 saturated carbocycles. The summed E-state index contributed by atoms with van der Waals surface area (Å²) in [5.74, 6) is 1.01. The monoisotopic (exact) mass is 516 g/mol. The molecule has 0 N–H and O–H groups in total. The summed E-state index contributed by atoms with van der Waals surface area (Å²) in [4.78, 5) is 26.6. The SMILES string of the molecule is CCOc1ccc2oc(-c3ccccc3)c(C(=O)Oc3ccc4c(c3)OC(=Cc3ccccc3C)C4=O)c2c1. The molecule has 0 fully saturated rings. The van der Waals surface area contributed by atoms with Crippen LogP contribution in [0.5, 0.6) is 17.2 Å². The molecule has 0 amide bonds. The number of rotatable bonds is 6. The summed E-state index contributed by atoms with van der Waals surface area (Å²) in [5, 5.41) is 0.584. The van der Waals surface area contributed by atoms with Gasteiger partial charge in [-0.3, -0.25) is 4.79 Å².